The molecule has 0 aromatic heterocycles. The summed E-state index contributed by atoms with van der Waals surface area (Å²) < 4.78 is 16.9. The van der Waals surface area contributed by atoms with Gasteiger partial charge in [-0.1, -0.05) is 286 Å². The summed E-state index contributed by atoms with van der Waals surface area (Å²) in [6, 6.07) is 0. The predicted molar refractivity (Wildman–Crippen MR) is 321 cm³/mol. The highest BCUT2D eigenvalue weighted by Gasteiger charge is 2.19. The second kappa shape index (κ2) is 62.4. The monoisotopic (exact) mass is 1030 g/mol. The molecule has 0 amide bonds. The van der Waals surface area contributed by atoms with Gasteiger partial charge in [0, 0.05) is 19.3 Å². The number of unbranched alkanes of at least 4 members (excludes halogenated alkanes) is 35. The Bertz CT molecular complexity index is 1370. The maximum atomic E-state index is 12.9. The molecule has 0 aromatic rings. The van der Waals surface area contributed by atoms with E-state index in [-0.39, 0.29) is 31.1 Å². The molecule has 0 spiro atoms. The number of ether oxygens (including phenoxy) is 3. The van der Waals surface area contributed by atoms with E-state index in [0.717, 1.165) is 96.3 Å². The summed E-state index contributed by atoms with van der Waals surface area (Å²) >= 11 is 0. The van der Waals surface area contributed by atoms with Crippen molar-refractivity contribution in [2.45, 2.75) is 329 Å². The number of hydrogen-bond acceptors (Lipinski definition) is 6. The summed E-state index contributed by atoms with van der Waals surface area (Å²) in [6.07, 6.45) is 80.5. The van der Waals surface area contributed by atoms with Crippen molar-refractivity contribution in [2.24, 2.45) is 0 Å². The third kappa shape index (κ3) is 59.7. The number of carbonyl (C=O) groups excluding carboxylic acids is 3. The third-order valence-electron chi connectivity index (χ3n) is 13.9. The first kappa shape index (κ1) is 70.8. The van der Waals surface area contributed by atoms with Crippen LogP contribution in [-0.2, 0) is 28.6 Å². The van der Waals surface area contributed by atoms with E-state index in [0.29, 0.717) is 19.3 Å². The minimum Gasteiger partial charge on any atom is -0.462 e. The van der Waals surface area contributed by atoms with Crippen molar-refractivity contribution in [1.82, 2.24) is 0 Å². The Morgan fingerprint density at radius 1 is 0.284 bits per heavy atom. The van der Waals surface area contributed by atoms with E-state index in [1.54, 1.807) is 0 Å². The third-order valence-corrected chi connectivity index (χ3v) is 13.9. The lowest BCUT2D eigenvalue weighted by atomic mass is 10.0. The summed E-state index contributed by atoms with van der Waals surface area (Å²) in [6.45, 7) is 6.53. The molecule has 74 heavy (non-hydrogen) atoms. The molecule has 0 aromatic carbocycles. The lowest BCUT2D eigenvalue weighted by Gasteiger charge is -2.18. The molecule has 0 aliphatic heterocycles. The predicted octanol–water partition coefficient (Wildman–Crippen LogP) is 21.7. The molecule has 0 bridgehead atoms. The second-order valence-electron chi connectivity index (χ2n) is 21.3. The molecule has 6 heteroatoms. The average molecular weight is 1030 g/mol. The normalized spacial score (nSPS) is 12.5. The van der Waals surface area contributed by atoms with Gasteiger partial charge in [-0.3, -0.25) is 14.4 Å². The van der Waals surface area contributed by atoms with Crippen LogP contribution in [0.25, 0.3) is 0 Å². The Morgan fingerprint density at radius 2 is 0.527 bits per heavy atom. The smallest absolute Gasteiger partial charge is 0.306 e. The van der Waals surface area contributed by atoms with Crippen molar-refractivity contribution >= 4 is 17.9 Å². The van der Waals surface area contributed by atoms with Crippen LogP contribution in [0.5, 0.6) is 0 Å². The molecular weight excluding hydrogens is 913 g/mol. The van der Waals surface area contributed by atoms with E-state index in [4.69, 9.17) is 14.2 Å². The van der Waals surface area contributed by atoms with Crippen LogP contribution in [0, 0.1) is 0 Å². The molecule has 1 atom stereocenters. The van der Waals surface area contributed by atoms with Crippen LogP contribution in [0.15, 0.2) is 72.9 Å². The van der Waals surface area contributed by atoms with Gasteiger partial charge >= 0.3 is 17.9 Å². The maximum absolute atomic E-state index is 12.9. The fourth-order valence-electron chi connectivity index (χ4n) is 9.17. The van der Waals surface area contributed by atoms with Gasteiger partial charge in [-0.15, -0.1) is 0 Å². The van der Waals surface area contributed by atoms with E-state index in [9.17, 15) is 14.4 Å². The van der Waals surface area contributed by atoms with Crippen LogP contribution in [-0.4, -0.2) is 37.2 Å². The zero-order valence-electron chi connectivity index (χ0n) is 49.1. The zero-order valence-corrected chi connectivity index (χ0v) is 49.1. The van der Waals surface area contributed by atoms with E-state index in [1.165, 1.54) is 186 Å². The summed E-state index contributed by atoms with van der Waals surface area (Å²) in [5, 5.41) is 0. The summed E-state index contributed by atoms with van der Waals surface area (Å²) in [5.41, 5.74) is 0. The molecule has 6 nitrogen and oxygen atoms in total. The molecule has 0 saturated carbocycles. The Balaban J connectivity index is 4.20. The number of hydrogen-bond donors (Lipinski definition) is 0. The van der Waals surface area contributed by atoms with E-state index < -0.39 is 6.10 Å². The molecule has 428 valence electrons. The fourth-order valence-corrected chi connectivity index (χ4v) is 9.17. The number of allylic oxidation sites excluding steroid dienone is 12. The molecular formula is C68H120O6. The molecule has 0 heterocycles. The largest absolute Gasteiger partial charge is 0.462 e. The van der Waals surface area contributed by atoms with Gasteiger partial charge in [-0.05, 0) is 89.9 Å². The minimum atomic E-state index is -0.776. The van der Waals surface area contributed by atoms with E-state index >= 15 is 0 Å². The summed E-state index contributed by atoms with van der Waals surface area (Å²) in [4.78, 5) is 38.2. The number of carbonyl (C=O) groups is 3. The molecule has 0 aliphatic rings. The van der Waals surface area contributed by atoms with Crippen LogP contribution < -0.4 is 0 Å². The first-order chi connectivity index (χ1) is 36.5. The van der Waals surface area contributed by atoms with Crippen LogP contribution in [0.4, 0.5) is 0 Å². The van der Waals surface area contributed by atoms with Crippen molar-refractivity contribution in [2.75, 3.05) is 13.2 Å². The lowest BCUT2D eigenvalue weighted by Crippen LogP contribution is -2.30. The topological polar surface area (TPSA) is 78.9 Å². The highest BCUT2D eigenvalue weighted by molar-refractivity contribution is 5.71. The van der Waals surface area contributed by atoms with Gasteiger partial charge in [0.2, 0.25) is 0 Å². The Labute approximate surface area is 459 Å². The van der Waals surface area contributed by atoms with Crippen molar-refractivity contribution in [1.29, 1.82) is 0 Å². The van der Waals surface area contributed by atoms with Crippen LogP contribution >= 0.6 is 0 Å². The highest BCUT2D eigenvalue weighted by atomic mass is 16.6. The molecule has 0 saturated heterocycles. The van der Waals surface area contributed by atoms with Crippen LogP contribution in [0.3, 0.4) is 0 Å². The fraction of sp³-hybridized carbons (Fsp3) is 0.779. The summed E-state index contributed by atoms with van der Waals surface area (Å²) in [5.74, 6) is -0.869. The number of esters is 3. The van der Waals surface area contributed by atoms with Gasteiger partial charge in [0.05, 0.1) is 0 Å². The van der Waals surface area contributed by atoms with Crippen molar-refractivity contribution < 1.29 is 28.6 Å². The lowest BCUT2D eigenvalue weighted by molar-refractivity contribution is -0.167. The summed E-state index contributed by atoms with van der Waals surface area (Å²) in [7, 11) is 0. The van der Waals surface area contributed by atoms with Crippen molar-refractivity contribution in [3.63, 3.8) is 0 Å². The van der Waals surface area contributed by atoms with E-state index in [2.05, 4.69) is 93.7 Å². The highest BCUT2D eigenvalue weighted by Crippen LogP contribution is 2.17. The molecule has 0 N–H and O–H groups in total. The maximum Gasteiger partial charge on any atom is 0.306 e. The van der Waals surface area contributed by atoms with Gasteiger partial charge in [0.25, 0.3) is 0 Å². The van der Waals surface area contributed by atoms with Gasteiger partial charge in [0.15, 0.2) is 6.10 Å². The first-order valence-corrected chi connectivity index (χ1v) is 31.9. The molecule has 0 fully saturated rings. The van der Waals surface area contributed by atoms with Gasteiger partial charge in [0.1, 0.15) is 13.2 Å². The van der Waals surface area contributed by atoms with Gasteiger partial charge < -0.3 is 14.2 Å². The first-order valence-electron chi connectivity index (χ1n) is 31.9. The SMILES string of the molecule is CC/C=C\C/C=C\C/C=C\C/C=C\C/C=C\CCCCCCCCCCCCCCCC(=O)OCC(COC(=O)CCCCCCC/C=C\CCCCC)OC(=O)CCCCCCCCCCCCCCCCC. The van der Waals surface area contributed by atoms with Crippen molar-refractivity contribution in [3.05, 3.63) is 72.9 Å². The Kier molecular flexibility index (Phi) is 59.7. The second-order valence-corrected chi connectivity index (χ2v) is 21.3. The molecule has 1 unspecified atom stereocenters. The Hall–Kier alpha value is -3.15. The quantitative estimate of drug-likeness (QED) is 0.0261. The average Bonchev–Trinajstić information content (AvgIpc) is 3.40. The van der Waals surface area contributed by atoms with E-state index in [1.807, 2.05) is 0 Å². The Morgan fingerprint density at radius 3 is 0.865 bits per heavy atom. The van der Waals surface area contributed by atoms with Gasteiger partial charge in [-0.25, -0.2) is 0 Å². The van der Waals surface area contributed by atoms with Crippen LogP contribution in [0.1, 0.15) is 323 Å². The van der Waals surface area contributed by atoms with Crippen LogP contribution in [0.2, 0.25) is 0 Å². The minimum absolute atomic E-state index is 0.0745. The molecule has 0 aliphatic carbocycles. The standard InChI is InChI=1S/C68H120O6/c1-4-7-10-13-16-19-22-25-27-28-29-30-31-32-33-34-35-36-37-38-39-40-42-43-46-49-52-55-58-61-67(70)73-64-65(63-72-66(69)60-57-54-51-48-45-24-21-18-15-12-9-6-3)74-68(71)62-59-56-53-50-47-44-41-26-23-20-17-14-11-8-5-2/h7,10,16,18-19,21,25,27,29-30,32-33,65H,4-6,8-9,11-15,17,20,22-24,26,28,31,34-64H2,1-3H3/b10-7-,19-16-,21-18-,27-25-,30-29-,33-32-. The molecule has 0 rings (SSSR count). The zero-order chi connectivity index (χ0) is 53.6. The molecule has 0 radical (unpaired) electrons. The number of rotatable bonds is 58. The van der Waals surface area contributed by atoms with Gasteiger partial charge in [-0.2, -0.15) is 0 Å². The van der Waals surface area contributed by atoms with Crippen molar-refractivity contribution in [3.8, 4) is 0 Å².